The van der Waals surface area contributed by atoms with Crippen LogP contribution in [0.1, 0.15) is 30.2 Å². The molecule has 0 spiro atoms. The molecule has 1 unspecified atom stereocenters. The number of nitrogens with zero attached hydrogens (tertiary/aromatic N) is 1. The summed E-state index contributed by atoms with van der Waals surface area (Å²) in [6, 6.07) is 7.99. The fourth-order valence-electron chi connectivity index (χ4n) is 4.00. The van der Waals surface area contributed by atoms with E-state index in [2.05, 4.69) is 11.4 Å². The number of rotatable bonds is 4. The van der Waals surface area contributed by atoms with Gasteiger partial charge in [-0.25, -0.2) is 13.4 Å². The van der Waals surface area contributed by atoms with E-state index in [4.69, 9.17) is 4.98 Å². The molecule has 6 nitrogen and oxygen atoms in total. The first-order valence-corrected chi connectivity index (χ1v) is 11.8. The summed E-state index contributed by atoms with van der Waals surface area (Å²) in [6.07, 6.45) is 2.74. The number of nitrogens with one attached hydrogen (secondary N) is 2. The second-order valence-corrected chi connectivity index (χ2v) is 10.7. The van der Waals surface area contributed by atoms with Gasteiger partial charge in [-0.15, -0.1) is 11.3 Å². The zero-order valence-electron chi connectivity index (χ0n) is 14.6. The molecule has 8 heteroatoms. The van der Waals surface area contributed by atoms with Crippen LogP contribution in [0.2, 0.25) is 0 Å². The lowest BCUT2D eigenvalue weighted by molar-refractivity contribution is -0.898. The van der Waals surface area contributed by atoms with E-state index in [1.165, 1.54) is 14.6 Å². The number of hydrogen-bond donors (Lipinski definition) is 2. The maximum absolute atomic E-state index is 12.3. The molecule has 1 aromatic carbocycles. The number of piperidine rings is 1. The number of para-hydroxylation sites is 1. The monoisotopic (exact) mass is 394 g/mol. The minimum absolute atomic E-state index is 0.0351. The van der Waals surface area contributed by atoms with Crippen molar-refractivity contribution in [2.75, 3.05) is 31.1 Å². The van der Waals surface area contributed by atoms with Gasteiger partial charge in [0.2, 0.25) is 0 Å². The number of amides is 1. The van der Waals surface area contributed by atoms with Crippen LogP contribution < -0.4 is 10.2 Å². The lowest BCUT2D eigenvalue weighted by Gasteiger charge is -2.28. The van der Waals surface area contributed by atoms with Crippen LogP contribution in [-0.4, -0.2) is 56.5 Å². The van der Waals surface area contributed by atoms with Crippen LogP contribution in [0.5, 0.6) is 0 Å². The molecule has 1 aromatic heterocycles. The first-order chi connectivity index (χ1) is 12.5. The predicted molar refractivity (Wildman–Crippen MR) is 102 cm³/mol. The molecule has 3 atom stereocenters. The van der Waals surface area contributed by atoms with Crippen LogP contribution in [0.4, 0.5) is 0 Å². The Kier molecular flexibility index (Phi) is 4.98. The maximum Gasteiger partial charge on any atom is 0.275 e. The molecule has 0 saturated carbocycles. The lowest BCUT2D eigenvalue weighted by Crippen LogP contribution is -3.14. The summed E-state index contributed by atoms with van der Waals surface area (Å²) in [6.45, 7) is 2.31. The van der Waals surface area contributed by atoms with E-state index in [-0.39, 0.29) is 23.5 Å². The largest absolute Gasteiger partial charge is 0.347 e. The summed E-state index contributed by atoms with van der Waals surface area (Å²) in [5, 5.41) is 4.08. The number of hydrogen-bond acceptors (Lipinski definition) is 5. The van der Waals surface area contributed by atoms with Gasteiger partial charge in [-0.3, -0.25) is 4.79 Å². The van der Waals surface area contributed by atoms with Gasteiger partial charge in [0, 0.05) is 6.04 Å². The zero-order chi connectivity index (χ0) is 18.1. The minimum Gasteiger partial charge on any atom is -0.347 e. The highest BCUT2D eigenvalue weighted by Gasteiger charge is 2.31. The maximum atomic E-state index is 12.3. The summed E-state index contributed by atoms with van der Waals surface area (Å²) in [5.41, 5.74) is 1.06. The number of thiazole rings is 1. The van der Waals surface area contributed by atoms with E-state index in [1.807, 2.05) is 18.2 Å². The van der Waals surface area contributed by atoms with E-state index in [0.29, 0.717) is 18.9 Å². The molecule has 2 aromatic rings. The Morgan fingerprint density at radius 1 is 1.31 bits per heavy atom. The number of quaternary nitrogens is 1. The van der Waals surface area contributed by atoms with Crippen LogP contribution in [0.15, 0.2) is 24.3 Å². The molecule has 2 aliphatic heterocycles. The normalized spacial score (nSPS) is 28.2. The SMILES string of the molecule is O=C(C[NH+]1CCC[C@@H](c2nc3ccccc3s2)C1)N[C@@H]1CCS(=O)(=O)C1. The highest BCUT2D eigenvalue weighted by atomic mass is 32.2. The van der Waals surface area contributed by atoms with Gasteiger partial charge in [0.15, 0.2) is 16.4 Å². The Morgan fingerprint density at radius 3 is 2.92 bits per heavy atom. The van der Waals surface area contributed by atoms with Crippen molar-refractivity contribution >= 4 is 37.3 Å². The van der Waals surface area contributed by atoms with Gasteiger partial charge >= 0.3 is 0 Å². The summed E-state index contributed by atoms with van der Waals surface area (Å²) in [4.78, 5) is 18.4. The van der Waals surface area contributed by atoms with Crippen molar-refractivity contribution < 1.29 is 18.1 Å². The quantitative estimate of drug-likeness (QED) is 0.785. The summed E-state index contributed by atoms with van der Waals surface area (Å²) in [7, 11) is -2.96. The smallest absolute Gasteiger partial charge is 0.275 e. The molecular formula is C18H24N3O3S2+. The van der Waals surface area contributed by atoms with Crippen molar-refractivity contribution in [1.29, 1.82) is 0 Å². The Bertz CT molecular complexity index is 876. The highest BCUT2D eigenvalue weighted by molar-refractivity contribution is 7.91. The van der Waals surface area contributed by atoms with Gasteiger partial charge in [-0.2, -0.15) is 0 Å². The zero-order valence-corrected chi connectivity index (χ0v) is 16.2. The Labute approximate surface area is 157 Å². The van der Waals surface area contributed by atoms with Gasteiger partial charge in [0.25, 0.3) is 5.91 Å². The number of sulfone groups is 1. The first-order valence-electron chi connectivity index (χ1n) is 9.17. The van der Waals surface area contributed by atoms with Crippen molar-refractivity contribution in [3.63, 3.8) is 0 Å². The van der Waals surface area contributed by atoms with E-state index in [9.17, 15) is 13.2 Å². The molecule has 140 valence electrons. The Hall–Kier alpha value is -1.51. The number of carbonyl (C=O) groups is 1. The van der Waals surface area contributed by atoms with Crippen LogP contribution >= 0.6 is 11.3 Å². The number of likely N-dealkylation sites (tertiary alicyclic amines) is 1. The molecule has 4 rings (SSSR count). The van der Waals surface area contributed by atoms with Crippen molar-refractivity contribution in [2.45, 2.75) is 31.2 Å². The van der Waals surface area contributed by atoms with Gasteiger partial charge in [0.05, 0.1) is 40.7 Å². The molecule has 0 radical (unpaired) electrons. The molecular weight excluding hydrogens is 370 g/mol. The second-order valence-electron chi connectivity index (χ2n) is 7.41. The second kappa shape index (κ2) is 7.25. The van der Waals surface area contributed by atoms with Gasteiger partial charge < -0.3 is 10.2 Å². The molecule has 2 saturated heterocycles. The summed E-state index contributed by atoms with van der Waals surface area (Å²) >= 11 is 1.76. The van der Waals surface area contributed by atoms with E-state index >= 15 is 0 Å². The Balaban J connectivity index is 1.35. The van der Waals surface area contributed by atoms with Crippen molar-refractivity contribution in [3.8, 4) is 0 Å². The lowest BCUT2D eigenvalue weighted by atomic mass is 9.99. The average Bonchev–Trinajstić information content (AvgIpc) is 3.18. The van der Waals surface area contributed by atoms with E-state index < -0.39 is 9.84 Å². The van der Waals surface area contributed by atoms with Crippen molar-refractivity contribution in [2.24, 2.45) is 0 Å². The Morgan fingerprint density at radius 2 is 2.15 bits per heavy atom. The van der Waals surface area contributed by atoms with Gasteiger partial charge in [-0.05, 0) is 31.4 Å². The number of aromatic nitrogens is 1. The van der Waals surface area contributed by atoms with Crippen molar-refractivity contribution in [1.82, 2.24) is 10.3 Å². The molecule has 26 heavy (non-hydrogen) atoms. The van der Waals surface area contributed by atoms with Crippen LogP contribution in [0.3, 0.4) is 0 Å². The van der Waals surface area contributed by atoms with Crippen LogP contribution in [0, 0.1) is 0 Å². The predicted octanol–water partition coefficient (Wildman–Crippen LogP) is 0.362. The third kappa shape index (κ3) is 4.07. The fourth-order valence-corrected chi connectivity index (χ4v) is 6.78. The average molecular weight is 395 g/mol. The van der Waals surface area contributed by atoms with E-state index in [1.54, 1.807) is 11.3 Å². The third-order valence-electron chi connectivity index (χ3n) is 5.29. The molecule has 3 heterocycles. The summed E-state index contributed by atoms with van der Waals surface area (Å²) < 4.78 is 24.3. The number of benzene rings is 1. The molecule has 2 N–H and O–H groups in total. The summed E-state index contributed by atoms with van der Waals surface area (Å²) in [5.74, 6) is 0.638. The van der Waals surface area contributed by atoms with Gasteiger partial charge in [-0.1, -0.05) is 12.1 Å². The van der Waals surface area contributed by atoms with Crippen molar-refractivity contribution in [3.05, 3.63) is 29.3 Å². The van der Waals surface area contributed by atoms with E-state index in [0.717, 1.165) is 31.4 Å². The molecule has 0 aliphatic carbocycles. The molecule has 2 aliphatic rings. The number of fused-ring (bicyclic) bond motifs is 1. The fraction of sp³-hybridized carbons (Fsp3) is 0.556. The number of carbonyl (C=O) groups excluding carboxylic acids is 1. The molecule has 1 amide bonds. The standard InChI is InChI=1S/C18H23N3O3S2/c22-17(19-14-7-9-26(23,24)12-14)11-21-8-3-4-13(10-21)18-20-15-5-1-2-6-16(15)25-18/h1-2,5-6,13-14H,3-4,7-12H2,(H,19,22)/p+1/t13-,14-/m1/s1. The van der Waals surface area contributed by atoms with Crippen LogP contribution in [0.25, 0.3) is 10.2 Å². The minimum atomic E-state index is -2.96. The topological polar surface area (TPSA) is 80.6 Å². The van der Waals surface area contributed by atoms with Gasteiger partial charge in [0.1, 0.15) is 5.01 Å². The first kappa shape index (κ1) is 17.9. The molecule has 2 fully saturated rings. The third-order valence-corrected chi connectivity index (χ3v) is 8.25. The highest BCUT2D eigenvalue weighted by Crippen LogP contribution is 2.30. The van der Waals surface area contributed by atoms with Crippen LogP contribution in [-0.2, 0) is 14.6 Å². The molecule has 0 bridgehead atoms.